The zero-order chi connectivity index (χ0) is 59.1. The molecule has 25 heteroatoms. The molecule has 2 saturated heterocycles. The number of likely N-dealkylation sites (tertiary alicyclic amines) is 1. The largest absolute Gasteiger partial charge is 0.480 e. The van der Waals surface area contributed by atoms with Crippen LogP contribution in [0.4, 0.5) is 0 Å². The van der Waals surface area contributed by atoms with Gasteiger partial charge < -0.3 is 69.3 Å². The van der Waals surface area contributed by atoms with Crippen LogP contribution in [0.1, 0.15) is 110 Å². The number of aliphatic carboxylic acids is 3. The predicted octanol–water partition coefficient (Wildman–Crippen LogP) is -1.14. The lowest BCUT2D eigenvalue weighted by molar-refractivity contribution is -0.145. The van der Waals surface area contributed by atoms with Crippen LogP contribution in [0, 0.1) is 11.8 Å². The molecule has 25 nitrogen and oxygen atoms in total. The molecule has 0 aliphatic carbocycles. The summed E-state index contributed by atoms with van der Waals surface area (Å²) in [5.74, 6) is -6.66. The van der Waals surface area contributed by atoms with Gasteiger partial charge in [-0.1, -0.05) is 64.4 Å². The van der Waals surface area contributed by atoms with Crippen LogP contribution in [-0.4, -0.2) is 222 Å². The number of carbonyl (C=O) groups excluding carboxylic acids is 6. The minimum atomic E-state index is -1.13. The Hall–Kier alpha value is -5.83. The second kappa shape index (κ2) is 37.2. The fourth-order valence-electron chi connectivity index (χ4n) is 10.0. The summed E-state index contributed by atoms with van der Waals surface area (Å²) < 4.78 is 0. The standard InChI is InChI=1S/C55H95N13O12/c1-5-38(4)48(64-49(73)40(58)33-37(2)3)53(77)61-41(17-9-11-21-56)51(75)62-42(18-10-12-22-57)54(78)68-26-14-20-44(68)52(76)63-43(34-39-15-7-6-8-16-39)50(74)60-23-13-19-45(55(79)80)67-31-29-65(35-46(69)70)27-24-59-25-28-66(30-32-67)36-47(71)72/h6-8,15-16,37-38,40-45,48,59H,5,9-14,17-36,56-58H2,1-4H3,(H,60,74)(H,61,77)(H,62,75)(H,63,76)(H,64,73)(H,69,70)(H,71,72)(H,79,80)/t38-,40-,41-,42-,43?,44-,45?,48-/m0/s1. The zero-order valence-corrected chi connectivity index (χ0v) is 47.7. The van der Waals surface area contributed by atoms with E-state index in [9.17, 15) is 58.5 Å². The first kappa shape index (κ1) is 68.4. The highest BCUT2D eigenvalue weighted by Crippen LogP contribution is 2.22. The Morgan fingerprint density at radius 1 is 0.662 bits per heavy atom. The Morgan fingerprint density at radius 3 is 1.80 bits per heavy atom. The third-order valence-corrected chi connectivity index (χ3v) is 14.8. The van der Waals surface area contributed by atoms with E-state index in [2.05, 4.69) is 31.9 Å². The Bertz CT molecular complexity index is 2080. The number of hydrogen-bond donors (Lipinski definition) is 12. The lowest BCUT2D eigenvalue weighted by atomic mass is 9.96. The van der Waals surface area contributed by atoms with E-state index in [1.54, 1.807) is 26.8 Å². The minimum absolute atomic E-state index is 0.0326. The fraction of sp³-hybridized carbons (Fsp3) is 0.727. The zero-order valence-electron chi connectivity index (χ0n) is 47.7. The number of nitrogens with zero attached hydrogens (tertiary/aromatic N) is 4. The predicted molar refractivity (Wildman–Crippen MR) is 302 cm³/mol. The number of carboxylic acid groups (broad SMARTS) is 3. The molecule has 3 rings (SSSR count). The molecule has 1 aromatic rings. The van der Waals surface area contributed by atoms with E-state index in [1.807, 2.05) is 45.9 Å². The molecule has 2 aliphatic rings. The monoisotopic (exact) mass is 1130 g/mol. The van der Waals surface area contributed by atoms with Crippen LogP contribution in [0.15, 0.2) is 30.3 Å². The highest BCUT2D eigenvalue weighted by Gasteiger charge is 2.40. The van der Waals surface area contributed by atoms with Crippen molar-refractivity contribution in [2.24, 2.45) is 29.0 Å². The summed E-state index contributed by atoms with van der Waals surface area (Å²) in [6, 6.07) is 1.80. The number of rotatable bonds is 34. The number of carbonyl (C=O) groups is 9. The van der Waals surface area contributed by atoms with Gasteiger partial charge in [0.25, 0.3) is 0 Å². The smallest absolute Gasteiger partial charge is 0.320 e. The average molecular weight is 1130 g/mol. The van der Waals surface area contributed by atoms with Gasteiger partial charge in [-0.15, -0.1) is 0 Å². The first-order valence-corrected chi connectivity index (χ1v) is 28.7. The Labute approximate surface area is 471 Å². The third-order valence-electron chi connectivity index (χ3n) is 14.8. The van der Waals surface area contributed by atoms with Gasteiger partial charge in [0.2, 0.25) is 35.4 Å². The molecule has 0 saturated carbocycles. The van der Waals surface area contributed by atoms with E-state index in [0.29, 0.717) is 84.2 Å². The van der Waals surface area contributed by atoms with Crippen molar-refractivity contribution in [1.29, 1.82) is 0 Å². The van der Waals surface area contributed by atoms with Crippen molar-refractivity contribution in [2.45, 2.75) is 153 Å². The molecule has 2 heterocycles. The number of unbranched alkanes of at least 4 members (excludes halogenated alkanes) is 2. The molecule has 80 heavy (non-hydrogen) atoms. The Kier molecular flexibility index (Phi) is 31.9. The fourth-order valence-corrected chi connectivity index (χ4v) is 10.0. The van der Waals surface area contributed by atoms with E-state index in [1.165, 1.54) is 4.90 Å². The van der Waals surface area contributed by atoms with Gasteiger partial charge in [-0.2, -0.15) is 0 Å². The summed E-state index contributed by atoms with van der Waals surface area (Å²) in [6.07, 6.45) is 4.44. The highest BCUT2D eigenvalue weighted by atomic mass is 16.4. The summed E-state index contributed by atoms with van der Waals surface area (Å²) in [6.45, 7) is 10.5. The quantitative estimate of drug-likeness (QED) is 0.0363. The Balaban J connectivity index is 1.81. The van der Waals surface area contributed by atoms with E-state index in [4.69, 9.17) is 17.2 Å². The van der Waals surface area contributed by atoms with Crippen molar-refractivity contribution in [2.75, 3.05) is 91.6 Å². The number of amides is 6. The van der Waals surface area contributed by atoms with Crippen LogP contribution in [0.2, 0.25) is 0 Å². The van der Waals surface area contributed by atoms with Gasteiger partial charge in [0.05, 0.1) is 19.1 Å². The van der Waals surface area contributed by atoms with Crippen LogP contribution in [-0.2, 0) is 49.6 Å². The first-order valence-electron chi connectivity index (χ1n) is 28.7. The van der Waals surface area contributed by atoms with Crippen molar-refractivity contribution >= 4 is 53.4 Å². The molecule has 8 atom stereocenters. The molecule has 2 unspecified atom stereocenters. The minimum Gasteiger partial charge on any atom is -0.480 e. The van der Waals surface area contributed by atoms with E-state index < -0.39 is 95.6 Å². The van der Waals surface area contributed by atoms with E-state index in [0.717, 1.165) is 5.56 Å². The molecular weight excluding hydrogens is 1030 g/mol. The van der Waals surface area contributed by atoms with Gasteiger partial charge in [-0.05, 0) is 101 Å². The van der Waals surface area contributed by atoms with Crippen LogP contribution in [0.25, 0.3) is 0 Å². The molecule has 0 radical (unpaired) electrons. The third kappa shape index (κ3) is 24.9. The molecule has 0 bridgehead atoms. The summed E-state index contributed by atoms with van der Waals surface area (Å²) in [5.41, 5.74) is 18.6. The number of hydrogen-bond acceptors (Lipinski definition) is 16. The highest BCUT2D eigenvalue weighted by molar-refractivity contribution is 5.97. The second-order valence-corrected chi connectivity index (χ2v) is 21.7. The van der Waals surface area contributed by atoms with Gasteiger partial charge in [0.15, 0.2) is 0 Å². The maximum atomic E-state index is 14.7. The van der Waals surface area contributed by atoms with Crippen molar-refractivity contribution in [3.63, 3.8) is 0 Å². The molecule has 2 fully saturated rings. The van der Waals surface area contributed by atoms with Crippen LogP contribution >= 0.6 is 0 Å². The van der Waals surface area contributed by atoms with Crippen molar-refractivity contribution < 1.29 is 58.5 Å². The van der Waals surface area contributed by atoms with Gasteiger partial charge in [-0.25, -0.2) is 0 Å². The number of nitrogens with one attached hydrogen (secondary N) is 6. The molecule has 0 spiro atoms. The summed E-state index contributed by atoms with van der Waals surface area (Å²) >= 11 is 0. The first-order chi connectivity index (χ1) is 38.2. The van der Waals surface area contributed by atoms with Crippen LogP contribution in [0.3, 0.4) is 0 Å². The molecular formula is C55H95N13O12. The molecule has 452 valence electrons. The number of benzene rings is 1. The second-order valence-electron chi connectivity index (χ2n) is 21.7. The van der Waals surface area contributed by atoms with Gasteiger partial charge in [-0.3, -0.25) is 57.9 Å². The Morgan fingerprint density at radius 2 is 1.25 bits per heavy atom. The topological polar surface area (TPSA) is 378 Å². The lowest BCUT2D eigenvalue weighted by Crippen LogP contribution is -2.60. The molecule has 1 aromatic carbocycles. The average Bonchev–Trinajstić information content (AvgIpc) is 3.95. The summed E-state index contributed by atoms with van der Waals surface area (Å²) in [7, 11) is 0. The lowest BCUT2D eigenvalue weighted by Gasteiger charge is -2.34. The van der Waals surface area contributed by atoms with Crippen molar-refractivity contribution in [1.82, 2.24) is 51.5 Å². The van der Waals surface area contributed by atoms with Crippen molar-refractivity contribution in [3.8, 4) is 0 Å². The number of nitrogens with two attached hydrogens (primary N) is 3. The maximum Gasteiger partial charge on any atom is 0.320 e. The maximum absolute atomic E-state index is 14.7. The van der Waals surface area contributed by atoms with Crippen LogP contribution < -0.4 is 49.1 Å². The van der Waals surface area contributed by atoms with Gasteiger partial charge in [0.1, 0.15) is 36.3 Å². The molecule has 15 N–H and O–H groups in total. The van der Waals surface area contributed by atoms with E-state index >= 15 is 0 Å². The normalized spacial score (nSPS) is 18.7. The van der Waals surface area contributed by atoms with Crippen LogP contribution in [0.5, 0.6) is 0 Å². The SMILES string of the molecule is CC[C@H](C)[C@H](NC(=O)[C@@H](N)CC(C)C)C(=O)N[C@@H](CCCCN)C(=O)N[C@@H](CCCCN)C(=O)N1CCC[C@H]1C(=O)NC(Cc1ccccc1)C(=O)NCCCC(C(=O)O)N1CCN(CC(=O)O)CCNCCN(CC(=O)O)CC1. The van der Waals surface area contributed by atoms with Crippen molar-refractivity contribution in [3.05, 3.63) is 35.9 Å². The van der Waals surface area contributed by atoms with E-state index in [-0.39, 0.29) is 103 Å². The molecule has 0 aromatic heterocycles. The van der Waals surface area contributed by atoms with Gasteiger partial charge >= 0.3 is 17.9 Å². The molecule has 2 aliphatic heterocycles. The molecule has 6 amide bonds. The van der Waals surface area contributed by atoms with Gasteiger partial charge in [0, 0.05) is 71.9 Å². The summed E-state index contributed by atoms with van der Waals surface area (Å²) in [5, 5.41) is 47.1. The number of carboxylic acids is 3. The summed E-state index contributed by atoms with van der Waals surface area (Å²) in [4.78, 5) is 127.